The third kappa shape index (κ3) is 4.75. The van der Waals surface area contributed by atoms with E-state index in [0.29, 0.717) is 17.5 Å². The first-order valence-electron chi connectivity index (χ1n) is 8.17. The van der Waals surface area contributed by atoms with Gasteiger partial charge in [-0.1, -0.05) is 27.7 Å². The van der Waals surface area contributed by atoms with Crippen molar-refractivity contribution >= 4 is 0 Å². The second kappa shape index (κ2) is 7.08. The number of rotatable bonds is 5. The maximum atomic E-state index is 3.56. The van der Waals surface area contributed by atoms with Crippen molar-refractivity contribution in [2.24, 2.45) is 17.3 Å². The summed E-state index contributed by atoms with van der Waals surface area (Å²) in [4.78, 5) is 2.56. The fourth-order valence-electron chi connectivity index (χ4n) is 3.49. The Hall–Kier alpha value is -0.0800. The lowest BCUT2D eigenvalue weighted by atomic mass is 9.67. The van der Waals surface area contributed by atoms with Crippen LogP contribution >= 0.6 is 0 Å². The van der Waals surface area contributed by atoms with Gasteiger partial charge in [-0.15, -0.1) is 0 Å². The molecule has 1 N–H and O–H groups in total. The lowest BCUT2D eigenvalue weighted by molar-refractivity contribution is 0.0867. The molecule has 0 aromatic heterocycles. The van der Waals surface area contributed by atoms with E-state index in [1.54, 1.807) is 0 Å². The van der Waals surface area contributed by atoms with Crippen molar-refractivity contribution in [1.29, 1.82) is 0 Å². The minimum absolute atomic E-state index is 0.464. The fourth-order valence-corrected chi connectivity index (χ4v) is 3.49. The molecule has 1 aliphatic carbocycles. The highest BCUT2D eigenvalue weighted by molar-refractivity contribution is 4.89. The van der Waals surface area contributed by atoms with E-state index in [-0.39, 0.29) is 0 Å². The van der Waals surface area contributed by atoms with E-state index in [0.717, 1.165) is 11.8 Å². The Morgan fingerprint density at radius 2 is 1.89 bits per heavy atom. The van der Waals surface area contributed by atoms with Gasteiger partial charge in [-0.3, -0.25) is 0 Å². The minimum atomic E-state index is 0.464. The topological polar surface area (TPSA) is 15.3 Å². The highest BCUT2D eigenvalue weighted by Crippen LogP contribution is 2.40. The zero-order valence-electron chi connectivity index (χ0n) is 14.3. The predicted octanol–water partition coefficient (Wildman–Crippen LogP) is 3.77. The van der Waals surface area contributed by atoms with Crippen molar-refractivity contribution < 1.29 is 0 Å². The van der Waals surface area contributed by atoms with Crippen molar-refractivity contribution in [3.05, 3.63) is 0 Å². The van der Waals surface area contributed by atoms with Crippen LogP contribution < -0.4 is 5.32 Å². The molecule has 1 rings (SSSR count). The maximum absolute atomic E-state index is 3.56. The van der Waals surface area contributed by atoms with Crippen molar-refractivity contribution in [3.63, 3.8) is 0 Å². The molecule has 0 aromatic rings. The lowest BCUT2D eigenvalue weighted by Gasteiger charge is -2.43. The van der Waals surface area contributed by atoms with Crippen LogP contribution in [0.25, 0.3) is 0 Å². The highest BCUT2D eigenvalue weighted by Gasteiger charge is 2.35. The molecule has 4 atom stereocenters. The SMILES string of the molecule is CCC(C)N(C)CC1CC(C(C)(C)C)CCC1NC. The Balaban J connectivity index is 2.65. The second-order valence-electron chi connectivity index (χ2n) is 7.73. The average Bonchev–Trinajstić information content (AvgIpc) is 2.36. The third-order valence-electron chi connectivity index (χ3n) is 5.44. The molecule has 114 valence electrons. The smallest absolute Gasteiger partial charge is 0.0105 e. The van der Waals surface area contributed by atoms with Crippen LogP contribution in [-0.4, -0.2) is 37.6 Å². The number of nitrogens with one attached hydrogen (secondary N) is 1. The van der Waals surface area contributed by atoms with E-state index in [9.17, 15) is 0 Å². The molecule has 4 unspecified atom stereocenters. The Kier molecular flexibility index (Phi) is 6.32. The number of nitrogens with zero attached hydrogens (tertiary/aromatic N) is 1. The Morgan fingerprint density at radius 3 is 2.37 bits per heavy atom. The van der Waals surface area contributed by atoms with Crippen LogP contribution in [0.5, 0.6) is 0 Å². The fraction of sp³-hybridized carbons (Fsp3) is 1.00. The normalized spacial score (nSPS) is 30.6. The van der Waals surface area contributed by atoms with Crippen LogP contribution in [-0.2, 0) is 0 Å². The first-order chi connectivity index (χ1) is 8.79. The molecule has 1 aliphatic rings. The zero-order chi connectivity index (χ0) is 14.6. The summed E-state index contributed by atoms with van der Waals surface area (Å²) in [5.41, 5.74) is 0.464. The van der Waals surface area contributed by atoms with Crippen LogP contribution in [0.1, 0.15) is 60.3 Å². The van der Waals surface area contributed by atoms with Crippen LogP contribution in [0.15, 0.2) is 0 Å². The molecule has 0 spiro atoms. The summed E-state index contributed by atoms with van der Waals surface area (Å²) < 4.78 is 0. The largest absolute Gasteiger partial charge is 0.317 e. The van der Waals surface area contributed by atoms with Gasteiger partial charge in [0.1, 0.15) is 0 Å². The zero-order valence-corrected chi connectivity index (χ0v) is 14.3. The van der Waals surface area contributed by atoms with E-state index < -0.39 is 0 Å². The molecule has 0 bridgehead atoms. The second-order valence-corrected chi connectivity index (χ2v) is 7.73. The molecule has 0 aliphatic heterocycles. The van der Waals surface area contributed by atoms with Gasteiger partial charge in [-0.2, -0.15) is 0 Å². The summed E-state index contributed by atoms with van der Waals surface area (Å²) in [6, 6.07) is 1.41. The summed E-state index contributed by atoms with van der Waals surface area (Å²) in [5.74, 6) is 1.69. The molecular formula is C17H36N2. The van der Waals surface area contributed by atoms with Gasteiger partial charge in [0, 0.05) is 18.6 Å². The third-order valence-corrected chi connectivity index (χ3v) is 5.44. The summed E-state index contributed by atoms with van der Waals surface area (Å²) in [6.07, 6.45) is 5.36. The van der Waals surface area contributed by atoms with Crippen molar-refractivity contribution in [1.82, 2.24) is 10.2 Å². The highest BCUT2D eigenvalue weighted by atomic mass is 15.1. The van der Waals surface area contributed by atoms with Gasteiger partial charge < -0.3 is 10.2 Å². The molecule has 19 heavy (non-hydrogen) atoms. The number of hydrogen-bond acceptors (Lipinski definition) is 2. The summed E-state index contributed by atoms with van der Waals surface area (Å²) in [5, 5.41) is 3.56. The molecule has 1 fully saturated rings. The monoisotopic (exact) mass is 268 g/mol. The van der Waals surface area contributed by atoms with Crippen molar-refractivity contribution in [2.45, 2.75) is 72.4 Å². The summed E-state index contributed by atoms with van der Waals surface area (Å²) in [6.45, 7) is 13.1. The quantitative estimate of drug-likeness (QED) is 0.816. The molecule has 0 saturated heterocycles. The van der Waals surface area contributed by atoms with Gasteiger partial charge in [0.15, 0.2) is 0 Å². The molecule has 1 saturated carbocycles. The Bertz CT molecular complexity index is 256. The van der Waals surface area contributed by atoms with Gasteiger partial charge in [0.05, 0.1) is 0 Å². The van der Waals surface area contributed by atoms with Gasteiger partial charge >= 0.3 is 0 Å². The van der Waals surface area contributed by atoms with Crippen LogP contribution in [0, 0.1) is 17.3 Å². The Morgan fingerprint density at radius 1 is 1.26 bits per heavy atom. The van der Waals surface area contributed by atoms with E-state index >= 15 is 0 Å². The molecule has 2 nitrogen and oxygen atoms in total. The maximum Gasteiger partial charge on any atom is 0.0105 e. The van der Waals surface area contributed by atoms with Gasteiger partial charge in [0.25, 0.3) is 0 Å². The molecular weight excluding hydrogens is 232 g/mol. The van der Waals surface area contributed by atoms with Crippen LogP contribution in [0.4, 0.5) is 0 Å². The van der Waals surface area contributed by atoms with Gasteiger partial charge in [-0.25, -0.2) is 0 Å². The van der Waals surface area contributed by atoms with Gasteiger partial charge in [0.2, 0.25) is 0 Å². The van der Waals surface area contributed by atoms with Crippen molar-refractivity contribution in [3.8, 4) is 0 Å². The van der Waals surface area contributed by atoms with Crippen LogP contribution in [0.3, 0.4) is 0 Å². The molecule has 0 aromatic carbocycles. The average molecular weight is 268 g/mol. The molecule has 2 heteroatoms. The standard InChI is InChI=1S/C17H36N2/c1-8-13(2)19(7)12-14-11-15(17(3,4)5)9-10-16(14)18-6/h13-16,18H,8-12H2,1-7H3. The van der Waals surface area contributed by atoms with Crippen LogP contribution in [0.2, 0.25) is 0 Å². The van der Waals surface area contributed by atoms with E-state index in [1.165, 1.54) is 32.2 Å². The summed E-state index contributed by atoms with van der Waals surface area (Å²) in [7, 11) is 4.43. The molecule has 0 amide bonds. The first kappa shape index (κ1) is 17.0. The molecule has 0 radical (unpaired) electrons. The predicted molar refractivity (Wildman–Crippen MR) is 85.5 cm³/mol. The van der Waals surface area contributed by atoms with E-state index in [4.69, 9.17) is 0 Å². The van der Waals surface area contributed by atoms with Gasteiger partial charge in [-0.05, 0) is 64.0 Å². The minimum Gasteiger partial charge on any atom is -0.317 e. The molecule has 0 heterocycles. The van der Waals surface area contributed by atoms with E-state index in [2.05, 4.69) is 58.9 Å². The Labute approximate surface area is 121 Å². The van der Waals surface area contributed by atoms with E-state index in [1.807, 2.05) is 0 Å². The number of hydrogen-bond donors (Lipinski definition) is 1. The summed E-state index contributed by atoms with van der Waals surface area (Å²) >= 11 is 0. The van der Waals surface area contributed by atoms with Crippen molar-refractivity contribution in [2.75, 3.05) is 20.6 Å². The lowest BCUT2D eigenvalue weighted by Crippen LogP contribution is -2.47. The first-order valence-corrected chi connectivity index (χ1v) is 8.17.